The molecule has 3 nitrogen and oxygen atoms in total. The van der Waals surface area contributed by atoms with E-state index < -0.39 is 0 Å². The van der Waals surface area contributed by atoms with Gasteiger partial charge >= 0.3 is 0 Å². The maximum Gasteiger partial charge on any atom is 0.250 e. The SMILES string of the molecule is COc1ccc(CN2C(=O)C(C)=C[C@@H]2Cc2ccccc2)cc1. The Morgan fingerprint density at radius 1 is 1.00 bits per heavy atom. The van der Waals surface area contributed by atoms with Crippen LogP contribution < -0.4 is 4.74 Å². The quantitative estimate of drug-likeness (QED) is 0.845. The molecule has 3 rings (SSSR count). The summed E-state index contributed by atoms with van der Waals surface area (Å²) in [6.45, 7) is 2.52. The maximum atomic E-state index is 12.5. The normalized spacial score (nSPS) is 17.3. The second-order valence-corrected chi connectivity index (χ2v) is 5.89. The third kappa shape index (κ3) is 3.45. The Hall–Kier alpha value is -2.55. The number of benzene rings is 2. The minimum atomic E-state index is 0.118. The largest absolute Gasteiger partial charge is 0.497 e. The van der Waals surface area contributed by atoms with E-state index in [1.165, 1.54) is 5.56 Å². The number of carbonyl (C=O) groups is 1. The van der Waals surface area contributed by atoms with Crippen molar-refractivity contribution in [2.75, 3.05) is 7.11 Å². The van der Waals surface area contributed by atoms with Crippen molar-refractivity contribution in [1.82, 2.24) is 4.90 Å². The van der Waals surface area contributed by atoms with Crippen LogP contribution in [0.25, 0.3) is 0 Å². The van der Waals surface area contributed by atoms with Crippen LogP contribution >= 0.6 is 0 Å². The molecule has 0 bridgehead atoms. The summed E-state index contributed by atoms with van der Waals surface area (Å²) in [6, 6.07) is 18.3. The number of ether oxygens (including phenoxy) is 1. The van der Waals surface area contributed by atoms with Gasteiger partial charge in [0.15, 0.2) is 0 Å². The van der Waals surface area contributed by atoms with Gasteiger partial charge in [-0.1, -0.05) is 48.5 Å². The summed E-state index contributed by atoms with van der Waals surface area (Å²) in [5.41, 5.74) is 3.19. The third-order valence-corrected chi connectivity index (χ3v) is 4.24. The number of rotatable bonds is 5. The van der Waals surface area contributed by atoms with Crippen LogP contribution in [-0.4, -0.2) is 24.0 Å². The van der Waals surface area contributed by atoms with Gasteiger partial charge in [-0.25, -0.2) is 0 Å². The van der Waals surface area contributed by atoms with Crippen molar-refractivity contribution >= 4 is 5.91 Å². The number of hydrogen-bond donors (Lipinski definition) is 0. The number of methoxy groups -OCH3 is 1. The molecule has 23 heavy (non-hydrogen) atoms. The molecule has 3 heteroatoms. The van der Waals surface area contributed by atoms with E-state index in [9.17, 15) is 4.79 Å². The van der Waals surface area contributed by atoms with Crippen molar-refractivity contribution in [1.29, 1.82) is 0 Å². The molecule has 1 aliphatic heterocycles. The van der Waals surface area contributed by atoms with Gasteiger partial charge in [0, 0.05) is 12.1 Å². The topological polar surface area (TPSA) is 29.5 Å². The summed E-state index contributed by atoms with van der Waals surface area (Å²) in [4.78, 5) is 14.4. The van der Waals surface area contributed by atoms with Crippen molar-refractivity contribution in [3.8, 4) is 5.75 Å². The molecule has 1 heterocycles. The molecule has 0 aromatic heterocycles. The van der Waals surface area contributed by atoms with E-state index in [4.69, 9.17) is 4.74 Å². The van der Waals surface area contributed by atoms with E-state index in [0.717, 1.165) is 23.3 Å². The lowest BCUT2D eigenvalue weighted by Gasteiger charge is -2.25. The van der Waals surface area contributed by atoms with Crippen LogP contribution in [0, 0.1) is 0 Å². The van der Waals surface area contributed by atoms with Crippen molar-refractivity contribution in [3.05, 3.63) is 77.4 Å². The van der Waals surface area contributed by atoms with Crippen molar-refractivity contribution in [3.63, 3.8) is 0 Å². The van der Waals surface area contributed by atoms with Gasteiger partial charge in [0.2, 0.25) is 5.91 Å². The molecule has 0 saturated carbocycles. The van der Waals surface area contributed by atoms with Crippen LogP contribution in [0.5, 0.6) is 5.75 Å². The van der Waals surface area contributed by atoms with Gasteiger partial charge < -0.3 is 9.64 Å². The highest BCUT2D eigenvalue weighted by Crippen LogP contribution is 2.24. The highest BCUT2D eigenvalue weighted by molar-refractivity contribution is 5.95. The predicted octanol–water partition coefficient (Wildman–Crippen LogP) is 3.60. The van der Waals surface area contributed by atoms with Crippen LogP contribution in [-0.2, 0) is 17.8 Å². The molecule has 0 unspecified atom stereocenters. The van der Waals surface area contributed by atoms with Gasteiger partial charge in [0.05, 0.1) is 13.2 Å². The molecule has 0 fully saturated rings. The Kier molecular flexibility index (Phi) is 4.47. The summed E-state index contributed by atoms with van der Waals surface area (Å²) in [7, 11) is 1.65. The Morgan fingerprint density at radius 3 is 2.35 bits per heavy atom. The molecule has 2 aromatic rings. The molecule has 0 N–H and O–H groups in total. The predicted molar refractivity (Wildman–Crippen MR) is 91.2 cm³/mol. The van der Waals surface area contributed by atoms with Gasteiger partial charge in [-0.2, -0.15) is 0 Å². The number of hydrogen-bond acceptors (Lipinski definition) is 2. The fourth-order valence-electron chi connectivity index (χ4n) is 2.97. The van der Waals surface area contributed by atoms with Crippen LogP contribution in [0.4, 0.5) is 0 Å². The monoisotopic (exact) mass is 307 g/mol. The lowest BCUT2D eigenvalue weighted by atomic mass is 10.1. The molecule has 0 radical (unpaired) electrons. The van der Waals surface area contributed by atoms with Crippen LogP contribution in [0.3, 0.4) is 0 Å². The first-order chi connectivity index (χ1) is 11.2. The molecule has 1 atom stereocenters. The van der Waals surface area contributed by atoms with E-state index in [-0.39, 0.29) is 11.9 Å². The van der Waals surface area contributed by atoms with E-state index in [2.05, 4.69) is 18.2 Å². The molecule has 0 aliphatic carbocycles. The molecular formula is C20H21NO2. The average Bonchev–Trinajstić information content (AvgIpc) is 2.84. The molecule has 2 aromatic carbocycles. The highest BCUT2D eigenvalue weighted by Gasteiger charge is 2.29. The van der Waals surface area contributed by atoms with Crippen molar-refractivity contribution in [2.24, 2.45) is 0 Å². The van der Waals surface area contributed by atoms with E-state index >= 15 is 0 Å². The second-order valence-electron chi connectivity index (χ2n) is 5.89. The Balaban J connectivity index is 1.76. The molecule has 118 valence electrons. The van der Waals surface area contributed by atoms with Gasteiger partial charge in [0.25, 0.3) is 0 Å². The molecule has 1 amide bonds. The molecule has 0 saturated heterocycles. The fourth-order valence-corrected chi connectivity index (χ4v) is 2.97. The van der Waals surface area contributed by atoms with Crippen LogP contribution in [0.1, 0.15) is 18.1 Å². The lowest BCUT2D eigenvalue weighted by Crippen LogP contribution is -2.35. The van der Waals surface area contributed by atoms with Gasteiger partial charge in [0.1, 0.15) is 5.75 Å². The lowest BCUT2D eigenvalue weighted by molar-refractivity contribution is -0.127. The van der Waals surface area contributed by atoms with E-state index in [1.54, 1.807) is 7.11 Å². The summed E-state index contributed by atoms with van der Waals surface area (Å²) in [5, 5.41) is 0. The minimum absolute atomic E-state index is 0.118. The maximum absolute atomic E-state index is 12.5. The first kappa shape index (κ1) is 15.3. The zero-order chi connectivity index (χ0) is 16.2. The minimum Gasteiger partial charge on any atom is -0.497 e. The Bertz CT molecular complexity index is 704. The van der Waals surface area contributed by atoms with E-state index in [1.807, 2.05) is 54.3 Å². The first-order valence-corrected chi connectivity index (χ1v) is 7.83. The van der Waals surface area contributed by atoms with Crippen LogP contribution in [0.15, 0.2) is 66.2 Å². The molecule has 0 spiro atoms. The summed E-state index contributed by atoms with van der Waals surface area (Å²) in [6.07, 6.45) is 2.93. The summed E-state index contributed by atoms with van der Waals surface area (Å²) in [5.74, 6) is 0.957. The molecular weight excluding hydrogens is 286 g/mol. The number of carbonyl (C=O) groups excluding carboxylic acids is 1. The van der Waals surface area contributed by atoms with E-state index in [0.29, 0.717) is 6.54 Å². The zero-order valence-corrected chi connectivity index (χ0v) is 13.5. The number of nitrogens with zero attached hydrogens (tertiary/aromatic N) is 1. The Morgan fingerprint density at radius 2 is 1.70 bits per heavy atom. The standard InChI is InChI=1S/C20H21NO2/c1-15-12-18(13-16-6-4-3-5-7-16)21(20(15)22)14-17-8-10-19(23-2)11-9-17/h3-12,18H,13-14H2,1-2H3/t18-/m1/s1. The first-order valence-electron chi connectivity index (χ1n) is 7.83. The molecule has 1 aliphatic rings. The fraction of sp³-hybridized carbons (Fsp3) is 0.250. The van der Waals surface area contributed by atoms with Crippen LogP contribution in [0.2, 0.25) is 0 Å². The van der Waals surface area contributed by atoms with Gasteiger partial charge in [-0.05, 0) is 36.6 Å². The highest BCUT2D eigenvalue weighted by atomic mass is 16.5. The van der Waals surface area contributed by atoms with Gasteiger partial charge in [-0.3, -0.25) is 4.79 Å². The second kappa shape index (κ2) is 6.69. The summed E-state index contributed by atoms with van der Waals surface area (Å²) < 4.78 is 5.19. The third-order valence-electron chi connectivity index (χ3n) is 4.24. The summed E-state index contributed by atoms with van der Waals surface area (Å²) >= 11 is 0. The van der Waals surface area contributed by atoms with Crippen molar-refractivity contribution < 1.29 is 9.53 Å². The number of amides is 1. The zero-order valence-electron chi connectivity index (χ0n) is 13.5. The average molecular weight is 307 g/mol. The van der Waals surface area contributed by atoms with Crippen molar-refractivity contribution in [2.45, 2.75) is 25.9 Å². The van der Waals surface area contributed by atoms with Gasteiger partial charge in [-0.15, -0.1) is 0 Å². The Labute approximate surface area is 137 Å². The smallest absolute Gasteiger partial charge is 0.250 e.